The molecule has 3 rings (SSSR count). The van der Waals surface area contributed by atoms with E-state index < -0.39 is 22.3 Å². The fourth-order valence-electron chi connectivity index (χ4n) is 2.84. The number of nitrogens with zero attached hydrogens (tertiary/aromatic N) is 1. The lowest BCUT2D eigenvalue weighted by Crippen LogP contribution is -2.13. The van der Waals surface area contributed by atoms with Gasteiger partial charge in [0.2, 0.25) is 5.76 Å². The molecule has 0 amide bonds. The minimum atomic E-state index is -0.915. The quantitative estimate of drug-likeness (QED) is 0.350. The second kappa shape index (κ2) is 8.06. The highest BCUT2D eigenvalue weighted by molar-refractivity contribution is 6.34. The van der Waals surface area contributed by atoms with Gasteiger partial charge in [-0.25, -0.2) is 9.59 Å². The van der Waals surface area contributed by atoms with Crippen LogP contribution in [0.2, 0.25) is 5.02 Å². The Balaban J connectivity index is 2.47. The molecule has 1 aromatic heterocycles. The summed E-state index contributed by atoms with van der Waals surface area (Å²) in [5, 5.41) is 11.6. The van der Waals surface area contributed by atoms with Crippen molar-refractivity contribution >= 4 is 23.3 Å². The van der Waals surface area contributed by atoms with Crippen LogP contribution in [0.1, 0.15) is 17.5 Å². The first kappa shape index (κ1) is 19.3. The van der Waals surface area contributed by atoms with Gasteiger partial charge in [-0.15, -0.1) is 0 Å². The van der Waals surface area contributed by atoms with Crippen molar-refractivity contribution < 1.29 is 18.9 Å². The Morgan fingerprint density at radius 1 is 1.14 bits per heavy atom. The number of ether oxygens (including phenoxy) is 1. The number of nitro benzene ring substituents is 1. The summed E-state index contributed by atoms with van der Waals surface area (Å²) < 4.78 is 10.1. The molecule has 0 saturated carbocycles. The van der Waals surface area contributed by atoms with Crippen LogP contribution < -0.4 is 5.63 Å². The molecule has 0 saturated heterocycles. The largest absolute Gasteiger partial charge is 0.460 e. The predicted molar refractivity (Wildman–Crippen MR) is 103 cm³/mol. The first-order valence-electron chi connectivity index (χ1n) is 8.28. The highest BCUT2D eigenvalue weighted by Gasteiger charge is 2.29. The molecule has 0 N–H and O–H groups in total. The van der Waals surface area contributed by atoms with Crippen molar-refractivity contribution in [3.05, 3.63) is 85.9 Å². The van der Waals surface area contributed by atoms with Crippen LogP contribution in [0.3, 0.4) is 0 Å². The Labute approximate surface area is 164 Å². The zero-order valence-electron chi connectivity index (χ0n) is 14.7. The smallest absolute Gasteiger partial charge is 0.375 e. The number of esters is 1. The SMILES string of the molecule is CCOC(=O)c1oc(=O)cc(-c2ccccc2)c1-c1c(Cl)cccc1[N+](=O)[O-]. The Bertz CT molecular complexity index is 1110. The first-order chi connectivity index (χ1) is 13.4. The number of carbonyl (C=O) groups excluding carboxylic acids is 1. The number of halogens is 1. The van der Waals surface area contributed by atoms with Crippen LogP contribution in [0, 0.1) is 10.1 Å². The van der Waals surface area contributed by atoms with E-state index >= 15 is 0 Å². The molecular formula is C20H14ClNO6. The highest BCUT2D eigenvalue weighted by atomic mass is 35.5. The molecule has 0 unspecified atom stereocenters. The first-order valence-corrected chi connectivity index (χ1v) is 8.65. The Morgan fingerprint density at radius 2 is 1.86 bits per heavy atom. The number of carbonyl (C=O) groups is 1. The topological polar surface area (TPSA) is 99.7 Å². The van der Waals surface area contributed by atoms with Gasteiger partial charge >= 0.3 is 11.6 Å². The van der Waals surface area contributed by atoms with Crippen molar-refractivity contribution in [2.45, 2.75) is 6.92 Å². The van der Waals surface area contributed by atoms with E-state index in [0.717, 1.165) is 0 Å². The molecule has 0 aliphatic heterocycles. The molecule has 0 aliphatic rings. The van der Waals surface area contributed by atoms with E-state index in [0.29, 0.717) is 5.56 Å². The molecule has 7 nitrogen and oxygen atoms in total. The van der Waals surface area contributed by atoms with E-state index in [1.165, 1.54) is 24.3 Å². The van der Waals surface area contributed by atoms with Gasteiger partial charge in [0.25, 0.3) is 5.69 Å². The van der Waals surface area contributed by atoms with E-state index in [-0.39, 0.29) is 34.0 Å². The summed E-state index contributed by atoms with van der Waals surface area (Å²) in [6.07, 6.45) is 0. The van der Waals surface area contributed by atoms with Gasteiger partial charge in [-0.05, 0) is 18.6 Å². The van der Waals surface area contributed by atoms with E-state index in [4.69, 9.17) is 20.8 Å². The molecule has 8 heteroatoms. The molecule has 3 aromatic rings. The van der Waals surface area contributed by atoms with E-state index in [1.807, 2.05) is 0 Å². The van der Waals surface area contributed by atoms with Gasteiger partial charge in [-0.2, -0.15) is 0 Å². The number of benzene rings is 2. The molecule has 0 fully saturated rings. The third-order valence-corrected chi connectivity index (χ3v) is 4.26. The second-order valence-corrected chi connectivity index (χ2v) is 6.07. The zero-order chi connectivity index (χ0) is 20.3. The molecular weight excluding hydrogens is 386 g/mol. The van der Waals surface area contributed by atoms with Gasteiger partial charge < -0.3 is 9.15 Å². The minimum absolute atomic E-state index is 0.0279. The van der Waals surface area contributed by atoms with Crippen molar-refractivity contribution in [2.24, 2.45) is 0 Å². The van der Waals surface area contributed by atoms with Crippen molar-refractivity contribution in [1.82, 2.24) is 0 Å². The average molecular weight is 400 g/mol. The van der Waals surface area contributed by atoms with E-state index in [1.54, 1.807) is 37.3 Å². The second-order valence-electron chi connectivity index (χ2n) is 5.66. The van der Waals surface area contributed by atoms with Crippen LogP contribution in [-0.2, 0) is 4.74 Å². The van der Waals surface area contributed by atoms with Crippen LogP contribution in [0.4, 0.5) is 5.69 Å². The third-order valence-electron chi connectivity index (χ3n) is 3.95. The lowest BCUT2D eigenvalue weighted by Gasteiger charge is -2.14. The van der Waals surface area contributed by atoms with Crippen LogP contribution in [-0.4, -0.2) is 17.5 Å². The normalized spacial score (nSPS) is 10.5. The molecule has 2 aromatic carbocycles. The average Bonchev–Trinajstić information content (AvgIpc) is 2.68. The molecule has 0 atom stereocenters. The Morgan fingerprint density at radius 3 is 2.50 bits per heavy atom. The molecule has 28 heavy (non-hydrogen) atoms. The van der Waals surface area contributed by atoms with Crippen molar-refractivity contribution in [3.63, 3.8) is 0 Å². The monoisotopic (exact) mass is 399 g/mol. The predicted octanol–water partition coefficient (Wildman–Crippen LogP) is 4.71. The number of hydrogen-bond donors (Lipinski definition) is 0. The molecule has 0 radical (unpaired) electrons. The zero-order valence-corrected chi connectivity index (χ0v) is 15.4. The molecule has 142 valence electrons. The van der Waals surface area contributed by atoms with Crippen LogP contribution in [0.5, 0.6) is 0 Å². The maximum Gasteiger partial charge on any atom is 0.375 e. The van der Waals surface area contributed by atoms with Gasteiger partial charge in [-0.1, -0.05) is 48.0 Å². The molecule has 0 aliphatic carbocycles. The lowest BCUT2D eigenvalue weighted by molar-refractivity contribution is -0.384. The Hall–Kier alpha value is -3.45. The minimum Gasteiger partial charge on any atom is -0.460 e. The summed E-state index contributed by atoms with van der Waals surface area (Å²) in [5.41, 5.74) is -0.285. The fourth-order valence-corrected chi connectivity index (χ4v) is 3.10. The van der Waals surface area contributed by atoms with Crippen molar-refractivity contribution in [2.75, 3.05) is 6.61 Å². The summed E-state index contributed by atoms with van der Waals surface area (Å²) in [5.74, 6) is -1.36. The van der Waals surface area contributed by atoms with Crippen LogP contribution >= 0.6 is 11.6 Å². The summed E-state index contributed by atoms with van der Waals surface area (Å²) in [7, 11) is 0. The maximum absolute atomic E-state index is 12.5. The standard InChI is InChI=1S/C20H14ClNO6/c1-2-27-20(24)19-17(18-14(21)9-6-10-15(18)22(25)26)13(11-16(23)28-19)12-7-4-3-5-8-12/h3-11H,2H2,1H3. The Kier molecular flexibility index (Phi) is 5.56. The van der Waals surface area contributed by atoms with Crippen LogP contribution in [0.25, 0.3) is 22.3 Å². The fraction of sp³-hybridized carbons (Fsp3) is 0.100. The maximum atomic E-state index is 12.5. The summed E-state index contributed by atoms with van der Waals surface area (Å²) in [4.78, 5) is 35.6. The number of rotatable bonds is 5. The van der Waals surface area contributed by atoms with Gasteiger partial charge in [0.05, 0.1) is 22.1 Å². The van der Waals surface area contributed by atoms with Crippen molar-refractivity contribution in [3.8, 4) is 22.3 Å². The number of hydrogen-bond acceptors (Lipinski definition) is 6. The molecule has 0 bridgehead atoms. The van der Waals surface area contributed by atoms with Gasteiger partial charge in [0, 0.05) is 23.3 Å². The third kappa shape index (κ3) is 3.65. The van der Waals surface area contributed by atoms with Gasteiger partial charge in [0.1, 0.15) is 0 Å². The van der Waals surface area contributed by atoms with Crippen molar-refractivity contribution in [1.29, 1.82) is 0 Å². The van der Waals surface area contributed by atoms with Gasteiger partial charge in [-0.3, -0.25) is 10.1 Å². The molecule has 0 spiro atoms. The van der Waals surface area contributed by atoms with E-state index in [9.17, 15) is 19.7 Å². The summed E-state index contributed by atoms with van der Waals surface area (Å²) in [6, 6.07) is 14.0. The lowest BCUT2D eigenvalue weighted by atomic mass is 9.93. The van der Waals surface area contributed by atoms with E-state index in [2.05, 4.69) is 0 Å². The highest BCUT2D eigenvalue weighted by Crippen LogP contribution is 2.43. The summed E-state index contributed by atoms with van der Waals surface area (Å²) in [6.45, 7) is 1.62. The summed E-state index contributed by atoms with van der Waals surface area (Å²) >= 11 is 6.28. The van der Waals surface area contributed by atoms with Crippen LogP contribution in [0.15, 0.2) is 63.8 Å². The molecule has 1 heterocycles. The number of nitro groups is 1. The van der Waals surface area contributed by atoms with Gasteiger partial charge in [0.15, 0.2) is 0 Å².